The molecule has 0 spiro atoms. The van der Waals surface area contributed by atoms with Crippen LogP contribution in [0.5, 0.6) is 5.75 Å². The van der Waals surface area contributed by atoms with Gasteiger partial charge < -0.3 is 5.11 Å². The summed E-state index contributed by atoms with van der Waals surface area (Å²) >= 11 is 3.15. The third-order valence-electron chi connectivity index (χ3n) is 0.852. The van der Waals surface area contributed by atoms with E-state index in [1.165, 1.54) is 0 Å². The zero-order chi connectivity index (χ0) is 5.98. The van der Waals surface area contributed by atoms with E-state index in [0.29, 0.717) is 0 Å². The maximum absolute atomic E-state index is 8.87. The first-order chi connectivity index (χ1) is 3.80. The van der Waals surface area contributed by atoms with Crippen LogP contribution in [0.15, 0.2) is 28.7 Å². The molecule has 0 atom stereocenters. The van der Waals surface area contributed by atoms with Gasteiger partial charge in [-0.15, -0.1) is 0 Å². The van der Waals surface area contributed by atoms with Crippen molar-refractivity contribution in [2.75, 3.05) is 0 Å². The van der Waals surface area contributed by atoms with Crippen molar-refractivity contribution in [3.05, 3.63) is 28.7 Å². The van der Waals surface area contributed by atoms with E-state index in [1.807, 2.05) is 6.07 Å². The van der Waals surface area contributed by atoms with Crippen molar-refractivity contribution in [3.63, 3.8) is 0 Å². The molecular weight excluding hydrogens is 207 g/mol. The van der Waals surface area contributed by atoms with E-state index in [-0.39, 0.29) is 57.1 Å². The van der Waals surface area contributed by atoms with Gasteiger partial charge in [-0.3, -0.25) is 0 Å². The second-order valence-electron chi connectivity index (χ2n) is 1.45. The first-order valence-corrected chi connectivity index (χ1v) is 3.03. The molecule has 0 fully saturated rings. The molecular formula is C6H5BrKO. The Hall–Kier alpha value is 1.14. The van der Waals surface area contributed by atoms with Crippen LogP contribution in [0.2, 0.25) is 0 Å². The van der Waals surface area contributed by atoms with Gasteiger partial charge in [-0.05, 0) is 28.1 Å². The van der Waals surface area contributed by atoms with Crippen LogP contribution in [0, 0.1) is 0 Å². The molecule has 0 aliphatic carbocycles. The van der Waals surface area contributed by atoms with Crippen LogP contribution in [0.25, 0.3) is 0 Å². The quantitative estimate of drug-likeness (QED) is 0.650. The van der Waals surface area contributed by atoms with E-state index in [2.05, 4.69) is 15.9 Å². The predicted octanol–water partition coefficient (Wildman–Crippen LogP) is 1.77. The molecule has 43 valence electrons. The largest absolute Gasteiger partial charge is 0.507 e. The number of para-hydroxylation sites is 1. The Bertz CT molecular complexity index is 169. The molecule has 1 radical (unpaired) electrons. The number of hydrogen-bond acceptors (Lipinski definition) is 1. The van der Waals surface area contributed by atoms with Gasteiger partial charge in [0.2, 0.25) is 0 Å². The average molecular weight is 212 g/mol. The van der Waals surface area contributed by atoms with Gasteiger partial charge in [0, 0.05) is 51.4 Å². The SMILES string of the molecule is Oc1ccccc1Br.[K]. The van der Waals surface area contributed by atoms with E-state index in [1.54, 1.807) is 18.2 Å². The Morgan fingerprint density at radius 3 is 2.11 bits per heavy atom. The van der Waals surface area contributed by atoms with Gasteiger partial charge in [-0.2, -0.15) is 0 Å². The number of hydrogen-bond donors (Lipinski definition) is 1. The molecule has 1 nitrogen and oxygen atoms in total. The molecule has 1 N–H and O–H groups in total. The minimum Gasteiger partial charge on any atom is -0.507 e. The van der Waals surface area contributed by atoms with Crippen LogP contribution in [-0.2, 0) is 0 Å². The maximum atomic E-state index is 8.87. The molecule has 0 aromatic heterocycles. The van der Waals surface area contributed by atoms with E-state index >= 15 is 0 Å². The van der Waals surface area contributed by atoms with Crippen LogP contribution in [0.1, 0.15) is 0 Å². The minimum absolute atomic E-state index is 0. The fraction of sp³-hybridized carbons (Fsp3) is 0. The van der Waals surface area contributed by atoms with Crippen LogP contribution in [0.4, 0.5) is 0 Å². The molecule has 0 heterocycles. The number of rotatable bonds is 0. The monoisotopic (exact) mass is 211 g/mol. The van der Waals surface area contributed by atoms with Crippen molar-refractivity contribution in [1.82, 2.24) is 0 Å². The third-order valence-corrected chi connectivity index (χ3v) is 1.52. The second-order valence-corrected chi connectivity index (χ2v) is 2.31. The van der Waals surface area contributed by atoms with Crippen molar-refractivity contribution in [2.45, 2.75) is 0 Å². The van der Waals surface area contributed by atoms with Crippen LogP contribution in [0.3, 0.4) is 0 Å². The van der Waals surface area contributed by atoms with Crippen molar-refractivity contribution < 1.29 is 5.11 Å². The summed E-state index contributed by atoms with van der Waals surface area (Å²) in [6.45, 7) is 0. The Morgan fingerprint density at radius 1 is 1.22 bits per heavy atom. The zero-order valence-corrected chi connectivity index (χ0v) is 9.84. The fourth-order valence-corrected chi connectivity index (χ4v) is 0.737. The Labute approximate surface area is 105 Å². The second kappa shape index (κ2) is 4.88. The van der Waals surface area contributed by atoms with Gasteiger partial charge in [-0.25, -0.2) is 0 Å². The fourth-order valence-electron chi connectivity index (χ4n) is 0.452. The van der Waals surface area contributed by atoms with Crippen molar-refractivity contribution in [2.24, 2.45) is 0 Å². The van der Waals surface area contributed by atoms with Gasteiger partial charge in [0.1, 0.15) is 5.75 Å². The number of halogens is 1. The van der Waals surface area contributed by atoms with Gasteiger partial charge in [0.25, 0.3) is 0 Å². The summed E-state index contributed by atoms with van der Waals surface area (Å²) in [6.07, 6.45) is 0. The van der Waals surface area contributed by atoms with Crippen molar-refractivity contribution in [1.29, 1.82) is 0 Å². The number of phenols is 1. The molecule has 0 aliphatic rings. The normalized spacial score (nSPS) is 8.11. The molecule has 0 unspecified atom stereocenters. The Balaban J connectivity index is 0.000000640. The number of aromatic hydroxyl groups is 1. The molecule has 9 heavy (non-hydrogen) atoms. The summed E-state index contributed by atoms with van der Waals surface area (Å²) in [7, 11) is 0. The molecule has 3 heteroatoms. The van der Waals surface area contributed by atoms with Crippen LogP contribution < -0.4 is 0 Å². The topological polar surface area (TPSA) is 20.2 Å². The van der Waals surface area contributed by atoms with Crippen molar-refractivity contribution in [3.8, 4) is 5.75 Å². The predicted molar refractivity (Wildman–Crippen MR) is 41.6 cm³/mol. The molecule has 0 saturated heterocycles. The standard InChI is InChI=1S/C6H5BrO.K/c7-5-3-1-2-4-6(5)8;/h1-4,8H;. The molecule has 0 saturated carbocycles. The van der Waals surface area contributed by atoms with E-state index in [4.69, 9.17) is 5.11 Å². The summed E-state index contributed by atoms with van der Waals surface area (Å²) < 4.78 is 0.736. The molecule has 0 amide bonds. The molecule has 0 aliphatic heterocycles. The van der Waals surface area contributed by atoms with Gasteiger partial charge >= 0.3 is 0 Å². The molecule has 1 aromatic rings. The first-order valence-electron chi connectivity index (χ1n) is 2.24. The van der Waals surface area contributed by atoms with Gasteiger partial charge in [0.05, 0.1) is 4.47 Å². The summed E-state index contributed by atoms with van der Waals surface area (Å²) in [5.74, 6) is 0.285. The third kappa shape index (κ3) is 3.16. The summed E-state index contributed by atoms with van der Waals surface area (Å²) in [6, 6.07) is 7.04. The minimum atomic E-state index is 0. The summed E-state index contributed by atoms with van der Waals surface area (Å²) in [5, 5.41) is 8.87. The van der Waals surface area contributed by atoms with Crippen LogP contribution in [-0.4, -0.2) is 56.5 Å². The van der Waals surface area contributed by atoms with Gasteiger partial charge in [-0.1, -0.05) is 12.1 Å². The molecule has 1 rings (SSSR count). The van der Waals surface area contributed by atoms with E-state index < -0.39 is 0 Å². The summed E-state index contributed by atoms with van der Waals surface area (Å²) in [4.78, 5) is 0. The molecule has 0 bridgehead atoms. The Morgan fingerprint density at radius 2 is 1.78 bits per heavy atom. The van der Waals surface area contributed by atoms with E-state index in [0.717, 1.165) is 4.47 Å². The number of phenolic OH excluding ortho intramolecular Hbond substituents is 1. The number of benzene rings is 1. The maximum Gasteiger partial charge on any atom is 0.129 e. The van der Waals surface area contributed by atoms with Crippen LogP contribution >= 0.6 is 15.9 Å². The van der Waals surface area contributed by atoms with Gasteiger partial charge in [0.15, 0.2) is 0 Å². The van der Waals surface area contributed by atoms with Crippen molar-refractivity contribution >= 4 is 67.3 Å². The van der Waals surface area contributed by atoms with E-state index in [9.17, 15) is 0 Å². The molecule has 1 aromatic carbocycles. The zero-order valence-electron chi connectivity index (χ0n) is 5.13. The average Bonchev–Trinajstić information content (AvgIpc) is 1.77. The first kappa shape index (κ1) is 10.1. The summed E-state index contributed by atoms with van der Waals surface area (Å²) in [5.41, 5.74) is 0. The Kier molecular flexibility index (Phi) is 5.49. The smallest absolute Gasteiger partial charge is 0.129 e.